The maximum atomic E-state index is 11.2. The average Bonchev–Trinajstić information content (AvgIpc) is 2.78. The Labute approximate surface area is 104 Å². The molecule has 1 heterocycles. The Morgan fingerprint density at radius 2 is 2.18 bits per heavy atom. The van der Waals surface area contributed by atoms with E-state index < -0.39 is 0 Å². The number of rotatable bonds is 4. The summed E-state index contributed by atoms with van der Waals surface area (Å²) in [5.74, 6) is 0.917. The topological polar surface area (TPSA) is 39.2 Å². The van der Waals surface area contributed by atoms with Crippen LogP contribution in [0.2, 0.25) is 0 Å². The molecular formula is C13H13NO2S. The Kier molecular flexibility index (Phi) is 3.54. The SMILES string of the molecule is COc1ccccc1Cc1ncc(C(C)=O)s1. The molecule has 0 saturated heterocycles. The van der Waals surface area contributed by atoms with Crippen molar-refractivity contribution in [1.29, 1.82) is 0 Å². The molecule has 2 aromatic rings. The first-order valence-corrected chi connectivity index (χ1v) is 6.10. The summed E-state index contributed by atoms with van der Waals surface area (Å²) in [5, 5.41) is 0.930. The van der Waals surface area contributed by atoms with E-state index in [9.17, 15) is 4.79 Å². The van der Waals surface area contributed by atoms with Crippen molar-refractivity contribution in [2.75, 3.05) is 7.11 Å². The molecule has 0 aliphatic rings. The highest BCUT2D eigenvalue weighted by molar-refractivity contribution is 7.13. The second kappa shape index (κ2) is 5.10. The number of ether oxygens (including phenoxy) is 1. The minimum atomic E-state index is 0.0637. The fourth-order valence-electron chi connectivity index (χ4n) is 1.57. The zero-order valence-corrected chi connectivity index (χ0v) is 10.6. The molecule has 0 aliphatic heterocycles. The molecule has 1 aromatic heterocycles. The average molecular weight is 247 g/mol. The van der Waals surface area contributed by atoms with Crippen LogP contribution in [0.25, 0.3) is 0 Å². The summed E-state index contributed by atoms with van der Waals surface area (Å²) >= 11 is 1.44. The third-order valence-corrected chi connectivity index (χ3v) is 3.53. The summed E-state index contributed by atoms with van der Waals surface area (Å²) in [6, 6.07) is 7.84. The molecule has 0 bridgehead atoms. The number of para-hydroxylation sites is 1. The van der Waals surface area contributed by atoms with Gasteiger partial charge >= 0.3 is 0 Å². The van der Waals surface area contributed by atoms with E-state index >= 15 is 0 Å². The van der Waals surface area contributed by atoms with Crippen LogP contribution >= 0.6 is 11.3 Å². The smallest absolute Gasteiger partial charge is 0.171 e. The third-order valence-electron chi connectivity index (χ3n) is 2.43. The molecule has 0 spiro atoms. The molecule has 2 rings (SSSR count). The van der Waals surface area contributed by atoms with Gasteiger partial charge in [-0.1, -0.05) is 18.2 Å². The quantitative estimate of drug-likeness (QED) is 0.780. The molecule has 0 fully saturated rings. The summed E-state index contributed by atoms with van der Waals surface area (Å²) in [5.41, 5.74) is 1.08. The lowest BCUT2D eigenvalue weighted by Gasteiger charge is -2.05. The molecule has 4 heteroatoms. The Bertz CT molecular complexity index is 534. The number of hydrogen-bond acceptors (Lipinski definition) is 4. The third kappa shape index (κ3) is 2.71. The van der Waals surface area contributed by atoms with Gasteiger partial charge in [0.15, 0.2) is 5.78 Å². The van der Waals surface area contributed by atoms with Crippen LogP contribution in [-0.4, -0.2) is 17.9 Å². The highest BCUT2D eigenvalue weighted by Gasteiger charge is 2.09. The largest absolute Gasteiger partial charge is 0.496 e. The second-order valence-electron chi connectivity index (χ2n) is 3.66. The molecule has 1 aromatic carbocycles. The zero-order chi connectivity index (χ0) is 12.3. The van der Waals surface area contributed by atoms with Gasteiger partial charge in [0.2, 0.25) is 0 Å². The summed E-state index contributed by atoms with van der Waals surface area (Å²) in [7, 11) is 1.65. The molecule has 88 valence electrons. The van der Waals surface area contributed by atoms with Crippen molar-refractivity contribution in [3.05, 3.63) is 45.9 Å². The number of aromatic nitrogens is 1. The molecule has 0 aliphatic carbocycles. The number of hydrogen-bond donors (Lipinski definition) is 0. The first-order chi connectivity index (χ1) is 8.20. The minimum absolute atomic E-state index is 0.0637. The number of nitrogens with zero attached hydrogens (tertiary/aromatic N) is 1. The van der Waals surface area contributed by atoms with E-state index in [1.807, 2.05) is 24.3 Å². The summed E-state index contributed by atoms with van der Waals surface area (Å²) in [6.07, 6.45) is 2.33. The summed E-state index contributed by atoms with van der Waals surface area (Å²) in [6.45, 7) is 1.56. The Hall–Kier alpha value is -1.68. The van der Waals surface area contributed by atoms with Crippen molar-refractivity contribution in [1.82, 2.24) is 4.98 Å². The van der Waals surface area contributed by atoms with Gasteiger partial charge in [-0.25, -0.2) is 4.98 Å². The Morgan fingerprint density at radius 1 is 1.41 bits per heavy atom. The van der Waals surface area contributed by atoms with Gasteiger partial charge in [0, 0.05) is 25.1 Å². The number of carbonyl (C=O) groups is 1. The van der Waals surface area contributed by atoms with E-state index in [4.69, 9.17) is 4.74 Å². The van der Waals surface area contributed by atoms with Crippen LogP contribution in [0, 0.1) is 0 Å². The molecule has 0 radical (unpaired) electrons. The van der Waals surface area contributed by atoms with Crippen LogP contribution in [0.15, 0.2) is 30.5 Å². The maximum absolute atomic E-state index is 11.2. The first-order valence-electron chi connectivity index (χ1n) is 5.28. The van der Waals surface area contributed by atoms with Crippen molar-refractivity contribution in [3.63, 3.8) is 0 Å². The maximum Gasteiger partial charge on any atom is 0.171 e. The molecule has 0 saturated carbocycles. The molecule has 0 amide bonds. The predicted molar refractivity (Wildman–Crippen MR) is 67.9 cm³/mol. The van der Waals surface area contributed by atoms with Gasteiger partial charge in [-0.15, -0.1) is 11.3 Å². The summed E-state index contributed by atoms with van der Waals surface area (Å²) < 4.78 is 5.28. The lowest BCUT2D eigenvalue weighted by molar-refractivity contribution is 0.102. The fraction of sp³-hybridized carbons (Fsp3) is 0.231. The predicted octanol–water partition coefficient (Wildman–Crippen LogP) is 2.95. The highest BCUT2D eigenvalue weighted by Crippen LogP contribution is 2.23. The van der Waals surface area contributed by atoms with E-state index in [2.05, 4.69) is 4.98 Å². The van der Waals surface area contributed by atoms with Gasteiger partial charge in [0.25, 0.3) is 0 Å². The number of ketones is 1. The van der Waals surface area contributed by atoms with E-state index in [1.165, 1.54) is 11.3 Å². The van der Waals surface area contributed by atoms with E-state index in [1.54, 1.807) is 20.2 Å². The van der Waals surface area contributed by atoms with Gasteiger partial charge in [-0.2, -0.15) is 0 Å². The minimum Gasteiger partial charge on any atom is -0.496 e. The molecule has 0 unspecified atom stereocenters. The molecule has 0 N–H and O–H groups in total. The molecular weight excluding hydrogens is 234 g/mol. The summed E-state index contributed by atoms with van der Waals surface area (Å²) in [4.78, 5) is 16.1. The number of benzene rings is 1. The van der Waals surface area contributed by atoms with Crippen molar-refractivity contribution < 1.29 is 9.53 Å². The van der Waals surface area contributed by atoms with E-state index in [0.717, 1.165) is 16.3 Å². The number of carbonyl (C=O) groups excluding carboxylic acids is 1. The number of thiazole rings is 1. The van der Waals surface area contributed by atoms with Crippen LogP contribution in [-0.2, 0) is 6.42 Å². The van der Waals surface area contributed by atoms with Crippen molar-refractivity contribution in [3.8, 4) is 5.75 Å². The standard InChI is InChI=1S/C13H13NO2S/c1-9(15)12-8-14-13(17-12)7-10-5-3-4-6-11(10)16-2/h3-6,8H,7H2,1-2H3. The Balaban J connectivity index is 2.22. The van der Waals surface area contributed by atoms with Crippen LogP contribution in [0.4, 0.5) is 0 Å². The lowest BCUT2D eigenvalue weighted by atomic mass is 10.1. The van der Waals surface area contributed by atoms with Crippen LogP contribution in [0.1, 0.15) is 27.2 Å². The van der Waals surface area contributed by atoms with Gasteiger partial charge < -0.3 is 4.74 Å². The van der Waals surface area contributed by atoms with Crippen LogP contribution < -0.4 is 4.74 Å². The van der Waals surface area contributed by atoms with Crippen molar-refractivity contribution in [2.24, 2.45) is 0 Å². The molecule has 0 atom stereocenters. The number of methoxy groups -OCH3 is 1. The molecule has 3 nitrogen and oxygen atoms in total. The Morgan fingerprint density at radius 3 is 2.82 bits per heavy atom. The molecule has 17 heavy (non-hydrogen) atoms. The van der Waals surface area contributed by atoms with Gasteiger partial charge in [-0.05, 0) is 6.07 Å². The van der Waals surface area contributed by atoms with Gasteiger partial charge in [0.05, 0.1) is 17.0 Å². The zero-order valence-electron chi connectivity index (χ0n) is 9.77. The number of Topliss-reactive ketones (excluding diaryl/α,β-unsaturated/α-hetero) is 1. The van der Waals surface area contributed by atoms with Gasteiger partial charge in [0.1, 0.15) is 5.75 Å². The van der Waals surface area contributed by atoms with Gasteiger partial charge in [-0.3, -0.25) is 4.79 Å². The van der Waals surface area contributed by atoms with E-state index in [-0.39, 0.29) is 5.78 Å². The monoisotopic (exact) mass is 247 g/mol. The fourth-order valence-corrected chi connectivity index (χ4v) is 2.40. The second-order valence-corrected chi connectivity index (χ2v) is 4.78. The van der Waals surface area contributed by atoms with E-state index in [0.29, 0.717) is 11.3 Å². The van der Waals surface area contributed by atoms with Crippen molar-refractivity contribution in [2.45, 2.75) is 13.3 Å². The normalized spacial score (nSPS) is 10.2. The van der Waals surface area contributed by atoms with Crippen LogP contribution in [0.5, 0.6) is 5.75 Å². The van der Waals surface area contributed by atoms with Crippen LogP contribution in [0.3, 0.4) is 0 Å². The highest BCUT2D eigenvalue weighted by atomic mass is 32.1. The lowest BCUT2D eigenvalue weighted by Crippen LogP contribution is -1.92. The first kappa shape index (κ1) is 11.8. The van der Waals surface area contributed by atoms with Crippen molar-refractivity contribution >= 4 is 17.1 Å².